The van der Waals surface area contributed by atoms with Crippen LogP contribution in [0.25, 0.3) is 11.3 Å². The lowest BCUT2D eigenvalue weighted by molar-refractivity contribution is 0.0981. The Balaban J connectivity index is 0.00000462. The fraction of sp³-hybridized carbons (Fsp3) is 0.448. The molecule has 4 rings (SSSR count). The number of aromatic nitrogens is 3. The molecule has 3 N–H and O–H groups in total. The van der Waals surface area contributed by atoms with E-state index in [0.717, 1.165) is 18.4 Å². The van der Waals surface area contributed by atoms with E-state index >= 15 is 0 Å². The van der Waals surface area contributed by atoms with Gasteiger partial charge in [0.2, 0.25) is 5.88 Å². The van der Waals surface area contributed by atoms with Crippen molar-refractivity contribution in [2.75, 3.05) is 17.2 Å². The highest BCUT2D eigenvalue weighted by Gasteiger charge is 2.39. The number of nitrogens with zero attached hydrogens (tertiary/aromatic N) is 4. The van der Waals surface area contributed by atoms with Crippen LogP contribution in [0.5, 0.6) is 5.88 Å². The zero-order valence-corrected chi connectivity index (χ0v) is 24.7. The van der Waals surface area contributed by atoms with E-state index in [4.69, 9.17) is 15.5 Å². The molecule has 0 bridgehead atoms. The van der Waals surface area contributed by atoms with Gasteiger partial charge in [0, 0.05) is 31.3 Å². The summed E-state index contributed by atoms with van der Waals surface area (Å²) in [6, 6.07) is 11.2. The van der Waals surface area contributed by atoms with Crippen LogP contribution in [0.15, 0.2) is 53.7 Å². The second kappa shape index (κ2) is 11.4. The first-order chi connectivity index (χ1) is 18.7. The van der Waals surface area contributed by atoms with E-state index in [1.807, 2.05) is 19.1 Å². The van der Waals surface area contributed by atoms with Gasteiger partial charge in [-0.15, -0.1) is 0 Å². The van der Waals surface area contributed by atoms with Gasteiger partial charge in [0.25, 0.3) is 15.9 Å². The summed E-state index contributed by atoms with van der Waals surface area (Å²) in [6.45, 7) is 13.3. The second-order valence-corrected chi connectivity index (χ2v) is 13.2. The lowest BCUT2D eigenvalue weighted by atomic mass is 9.97. The highest BCUT2D eigenvalue weighted by Crippen LogP contribution is 2.38. The molecule has 1 fully saturated rings. The fourth-order valence-electron chi connectivity index (χ4n) is 5.31. The molecule has 3 aromatic rings. The molecule has 0 spiro atoms. The van der Waals surface area contributed by atoms with E-state index in [-0.39, 0.29) is 29.5 Å². The van der Waals surface area contributed by atoms with Crippen molar-refractivity contribution in [2.45, 2.75) is 71.1 Å². The molecule has 2 unspecified atom stereocenters. The third kappa shape index (κ3) is 6.70. The van der Waals surface area contributed by atoms with Gasteiger partial charge in [-0.05, 0) is 75.8 Å². The monoisotopic (exact) mass is 568 g/mol. The number of rotatable bonds is 9. The lowest BCUT2D eigenvalue weighted by Crippen LogP contribution is -2.41. The molecule has 4 heterocycles. The summed E-state index contributed by atoms with van der Waals surface area (Å²) < 4.78 is 34.1. The second-order valence-electron chi connectivity index (χ2n) is 11.6. The summed E-state index contributed by atoms with van der Waals surface area (Å²) in [5, 5.41) is -0.335. The maximum absolute atomic E-state index is 13.5. The van der Waals surface area contributed by atoms with Gasteiger partial charge >= 0.3 is 0 Å². The van der Waals surface area contributed by atoms with E-state index < -0.39 is 15.9 Å². The van der Waals surface area contributed by atoms with E-state index in [1.165, 1.54) is 18.2 Å². The van der Waals surface area contributed by atoms with Crippen LogP contribution in [0.3, 0.4) is 0 Å². The van der Waals surface area contributed by atoms with Crippen molar-refractivity contribution in [3.8, 4) is 17.1 Å². The normalized spacial score (nSPS) is 17.6. The first-order valence-electron chi connectivity index (χ1n) is 13.5. The van der Waals surface area contributed by atoms with Crippen LogP contribution in [-0.2, 0) is 10.0 Å². The zero-order valence-electron chi connectivity index (χ0n) is 23.9. The van der Waals surface area contributed by atoms with E-state index in [0.29, 0.717) is 35.8 Å². The Morgan fingerprint density at radius 3 is 2.60 bits per heavy atom. The highest BCUT2D eigenvalue weighted by atomic mass is 32.2. The molecule has 1 amide bonds. The minimum Gasteiger partial charge on any atom is -0.475 e. The smallest absolute Gasteiger partial charge is 0.281 e. The van der Waals surface area contributed by atoms with Gasteiger partial charge < -0.3 is 15.4 Å². The summed E-state index contributed by atoms with van der Waals surface area (Å²) in [4.78, 5) is 28.7. The Labute approximate surface area is 237 Å². The van der Waals surface area contributed by atoms with E-state index in [1.54, 1.807) is 18.3 Å². The first kappa shape index (κ1) is 29.3. The van der Waals surface area contributed by atoms with Crippen molar-refractivity contribution in [2.24, 2.45) is 11.8 Å². The standard InChI is InChI=1S/C29H38N6O4S.H2/c1-18(2)14-20(4)39-25-15-21(12-13-31-25)23-11-10-22(27(32-23)35-17-19(3)16-29(35,5)6)28(36)34-40(37,38)26-9-7-8-24(30)33-26;/h7-13,15,18-20H,14,16-17H2,1-6H3,(H2,30,33)(H,34,36);1H. The number of ether oxygens (including phenoxy) is 1. The number of amides is 1. The number of anilines is 2. The molecule has 1 saturated heterocycles. The number of sulfonamides is 1. The highest BCUT2D eigenvalue weighted by molar-refractivity contribution is 7.90. The van der Waals surface area contributed by atoms with Crippen LogP contribution in [0.1, 0.15) is 66.2 Å². The van der Waals surface area contributed by atoms with Crippen molar-refractivity contribution >= 4 is 27.6 Å². The minimum absolute atomic E-state index is 0. The zero-order chi connectivity index (χ0) is 29.2. The number of carbonyl (C=O) groups excluding carboxylic acids is 1. The Hall–Kier alpha value is -3.73. The van der Waals surface area contributed by atoms with Crippen LogP contribution in [0, 0.1) is 11.8 Å². The molecule has 216 valence electrons. The number of hydrogen-bond acceptors (Lipinski definition) is 9. The fourth-order valence-corrected chi connectivity index (χ4v) is 6.25. The quantitative estimate of drug-likeness (QED) is 0.368. The van der Waals surface area contributed by atoms with Crippen LogP contribution in [-0.4, -0.2) is 47.5 Å². The molecule has 40 heavy (non-hydrogen) atoms. The summed E-state index contributed by atoms with van der Waals surface area (Å²) >= 11 is 0. The number of pyridine rings is 3. The van der Waals surface area contributed by atoms with Crippen LogP contribution in [0.4, 0.5) is 11.6 Å². The predicted molar refractivity (Wildman–Crippen MR) is 158 cm³/mol. The Kier molecular flexibility index (Phi) is 8.34. The predicted octanol–water partition coefficient (Wildman–Crippen LogP) is 4.92. The van der Waals surface area contributed by atoms with Crippen molar-refractivity contribution in [1.82, 2.24) is 19.7 Å². The van der Waals surface area contributed by atoms with Gasteiger partial charge in [-0.3, -0.25) is 4.79 Å². The molecule has 3 aromatic heterocycles. The lowest BCUT2D eigenvalue weighted by Gasteiger charge is -2.34. The van der Waals surface area contributed by atoms with Crippen molar-refractivity contribution in [3.05, 3.63) is 54.2 Å². The topological polar surface area (TPSA) is 140 Å². The number of carbonyl (C=O) groups is 1. The number of nitrogen functional groups attached to an aromatic ring is 1. The minimum atomic E-state index is -4.26. The molecular weight excluding hydrogens is 528 g/mol. The molecule has 11 heteroatoms. The van der Waals surface area contributed by atoms with Gasteiger partial charge in [0.05, 0.1) is 17.4 Å². The number of hydrogen-bond donors (Lipinski definition) is 2. The van der Waals surface area contributed by atoms with Crippen LogP contribution in [0.2, 0.25) is 0 Å². The van der Waals surface area contributed by atoms with Gasteiger partial charge in [-0.2, -0.15) is 8.42 Å². The third-order valence-electron chi connectivity index (χ3n) is 6.85. The summed E-state index contributed by atoms with van der Waals surface area (Å²) in [5.74, 6) is 0.995. The average molecular weight is 569 g/mol. The summed E-state index contributed by atoms with van der Waals surface area (Å²) in [7, 11) is -4.26. The largest absolute Gasteiger partial charge is 0.475 e. The van der Waals surface area contributed by atoms with Crippen molar-refractivity contribution in [3.63, 3.8) is 0 Å². The van der Waals surface area contributed by atoms with Crippen LogP contribution >= 0.6 is 0 Å². The van der Waals surface area contributed by atoms with Gasteiger partial charge in [-0.25, -0.2) is 19.7 Å². The van der Waals surface area contributed by atoms with Gasteiger partial charge in [-0.1, -0.05) is 26.8 Å². The summed E-state index contributed by atoms with van der Waals surface area (Å²) in [6.07, 6.45) is 3.46. The molecular formula is C29H40N6O4S. The average Bonchev–Trinajstić information content (AvgIpc) is 3.14. The SMILES string of the molecule is CC(C)CC(C)Oc1cc(-c2ccc(C(=O)NS(=O)(=O)c3cccc(N)n3)c(N3CC(C)CC3(C)C)n2)ccn1.[HH]. The van der Waals surface area contributed by atoms with Crippen LogP contribution < -0.4 is 20.1 Å². The molecule has 2 atom stereocenters. The molecule has 0 radical (unpaired) electrons. The Bertz CT molecular complexity index is 1500. The Morgan fingerprint density at radius 1 is 1.20 bits per heavy atom. The van der Waals surface area contributed by atoms with Crippen molar-refractivity contribution in [1.29, 1.82) is 0 Å². The molecule has 0 aliphatic carbocycles. The molecule has 0 saturated carbocycles. The third-order valence-corrected chi connectivity index (χ3v) is 8.08. The molecule has 0 aromatic carbocycles. The van der Waals surface area contributed by atoms with Gasteiger partial charge in [0.1, 0.15) is 11.6 Å². The molecule has 10 nitrogen and oxygen atoms in total. The maximum atomic E-state index is 13.5. The summed E-state index contributed by atoms with van der Waals surface area (Å²) in [5.41, 5.74) is 6.90. The number of nitrogens with one attached hydrogen (secondary N) is 1. The van der Waals surface area contributed by atoms with E-state index in [9.17, 15) is 13.2 Å². The molecule has 1 aliphatic rings. The molecule has 1 aliphatic heterocycles. The Morgan fingerprint density at radius 2 is 1.95 bits per heavy atom. The number of nitrogens with two attached hydrogens (primary N) is 1. The maximum Gasteiger partial charge on any atom is 0.281 e. The van der Waals surface area contributed by atoms with Crippen molar-refractivity contribution < 1.29 is 19.4 Å². The van der Waals surface area contributed by atoms with E-state index in [2.05, 4.69) is 54.2 Å². The first-order valence-corrected chi connectivity index (χ1v) is 14.9. The van der Waals surface area contributed by atoms with Gasteiger partial charge in [0.15, 0.2) is 5.03 Å².